The van der Waals surface area contributed by atoms with Crippen LogP contribution in [0.4, 0.5) is 0 Å². The predicted octanol–water partition coefficient (Wildman–Crippen LogP) is 3.82. The molecule has 0 bridgehead atoms. The molecule has 1 aromatic rings. The van der Waals surface area contributed by atoms with E-state index in [4.69, 9.17) is 0 Å². The Morgan fingerprint density at radius 2 is 1.86 bits per heavy atom. The Hall–Kier alpha value is -1.30. The van der Waals surface area contributed by atoms with Gasteiger partial charge in [0.25, 0.3) is 0 Å². The molecule has 14 heavy (non-hydrogen) atoms. The molecule has 0 nitrogen and oxygen atoms in total. The topological polar surface area (TPSA) is 0 Å². The number of fused-ring (bicyclic) bond motifs is 1. The van der Waals surface area contributed by atoms with Crippen LogP contribution in [0.25, 0.3) is 6.08 Å². The van der Waals surface area contributed by atoms with Crippen molar-refractivity contribution in [2.45, 2.75) is 27.2 Å². The summed E-state index contributed by atoms with van der Waals surface area (Å²) in [5.41, 5.74) is 7.20. The first-order chi connectivity index (χ1) is 6.72. The maximum absolute atomic E-state index is 2.32. The molecule has 0 aromatic heterocycles. The summed E-state index contributed by atoms with van der Waals surface area (Å²) >= 11 is 0. The predicted molar refractivity (Wildman–Crippen MR) is 62.4 cm³/mol. The number of hydrogen-bond donors (Lipinski definition) is 0. The molecule has 0 heteroatoms. The molecule has 0 spiro atoms. The molecule has 2 rings (SSSR count). The molecule has 1 aromatic carbocycles. The van der Waals surface area contributed by atoms with E-state index in [1.165, 1.54) is 27.8 Å². The Morgan fingerprint density at radius 1 is 1.14 bits per heavy atom. The first kappa shape index (κ1) is 9.26. The Morgan fingerprint density at radius 3 is 2.50 bits per heavy atom. The first-order valence-electron chi connectivity index (χ1n) is 5.14. The highest BCUT2D eigenvalue weighted by atomic mass is 14.2. The summed E-state index contributed by atoms with van der Waals surface area (Å²) in [4.78, 5) is 0. The van der Waals surface area contributed by atoms with Crippen LogP contribution in [-0.2, 0) is 6.42 Å². The summed E-state index contributed by atoms with van der Waals surface area (Å²) < 4.78 is 0. The highest BCUT2D eigenvalue weighted by molar-refractivity contribution is 5.70. The lowest BCUT2D eigenvalue weighted by molar-refractivity contribution is 1.18. The number of hydrogen-bond acceptors (Lipinski definition) is 0. The molecular weight excluding hydrogens is 168 g/mol. The SMILES string of the molecule is C/C=C/C1=Cc2c(C)ccc(C)c2C1. The minimum absolute atomic E-state index is 1.10. The number of rotatable bonds is 1. The maximum atomic E-state index is 2.32. The zero-order valence-electron chi connectivity index (χ0n) is 9.09. The molecule has 0 atom stereocenters. The van der Waals surface area contributed by atoms with E-state index in [1.54, 1.807) is 0 Å². The van der Waals surface area contributed by atoms with Crippen molar-refractivity contribution >= 4 is 6.08 Å². The van der Waals surface area contributed by atoms with Gasteiger partial charge in [-0.3, -0.25) is 0 Å². The van der Waals surface area contributed by atoms with E-state index >= 15 is 0 Å². The quantitative estimate of drug-likeness (QED) is 0.622. The summed E-state index contributed by atoms with van der Waals surface area (Å²) in [5, 5.41) is 0. The summed E-state index contributed by atoms with van der Waals surface area (Å²) in [5.74, 6) is 0. The molecule has 1 aliphatic rings. The van der Waals surface area contributed by atoms with E-state index in [0.29, 0.717) is 0 Å². The Bertz CT molecular complexity index is 420. The van der Waals surface area contributed by atoms with Crippen LogP contribution in [0, 0.1) is 13.8 Å². The molecule has 1 aliphatic carbocycles. The number of allylic oxidation sites excluding steroid dienone is 3. The third-order valence-electron chi connectivity index (χ3n) is 2.90. The van der Waals surface area contributed by atoms with Crippen molar-refractivity contribution < 1.29 is 0 Å². The molecule has 0 radical (unpaired) electrons. The van der Waals surface area contributed by atoms with Crippen molar-refractivity contribution in [3.05, 3.63) is 52.1 Å². The molecule has 0 saturated heterocycles. The Labute approximate surface area is 86.0 Å². The normalized spacial score (nSPS) is 14.6. The highest BCUT2D eigenvalue weighted by Crippen LogP contribution is 2.30. The summed E-state index contributed by atoms with van der Waals surface area (Å²) in [6, 6.07) is 4.43. The van der Waals surface area contributed by atoms with Gasteiger partial charge in [-0.15, -0.1) is 0 Å². The average molecular weight is 184 g/mol. The molecule has 0 aliphatic heterocycles. The monoisotopic (exact) mass is 184 g/mol. The van der Waals surface area contributed by atoms with Gasteiger partial charge in [0.2, 0.25) is 0 Å². The second kappa shape index (κ2) is 3.45. The van der Waals surface area contributed by atoms with Crippen LogP contribution in [0.3, 0.4) is 0 Å². The molecule has 72 valence electrons. The van der Waals surface area contributed by atoms with Crippen molar-refractivity contribution in [1.82, 2.24) is 0 Å². The summed E-state index contributed by atoms with van der Waals surface area (Å²) in [7, 11) is 0. The van der Waals surface area contributed by atoms with E-state index < -0.39 is 0 Å². The van der Waals surface area contributed by atoms with E-state index in [2.05, 4.69) is 51.1 Å². The minimum Gasteiger partial charge on any atom is -0.0874 e. The van der Waals surface area contributed by atoms with E-state index in [-0.39, 0.29) is 0 Å². The largest absolute Gasteiger partial charge is 0.0874 e. The van der Waals surface area contributed by atoms with Crippen LogP contribution in [0.1, 0.15) is 29.2 Å². The fourth-order valence-electron chi connectivity index (χ4n) is 2.09. The molecule has 0 amide bonds. The second-order valence-electron chi connectivity index (χ2n) is 3.99. The molecule has 0 saturated carbocycles. The summed E-state index contributed by atoms with van der Waals surface area (Å²) in [6.07, 6.45) is 7.74. The van der Waals surface area contributed by atoms with Gasteiger partial charge in [0, 0.05) is 0 Å². The maximum Gasteiger partial charge on any atom is -0.00170 e. The van der Waals surface area contributed by atoms with Crippen molar-refractivity contribution in [2.75, 3.05) is 0 Å². The van der Waals surface area contributed by atoms with Crippen molar-refractivity contribution in [1.29, 1.82) is 0 Å². The van der Waals surface area contributed by atoms with Gasteiger partial charge in [0.05, 0.1) is 0 Å². The van der Waals surface area contributed by atoms with Gasteiger partial charge in [0.1, 0.15) is 0 Å². The van der Waals surface area contributed by atoms with Gasteiger partial charge in [-0.2, -0.15) is 0 Å². The summed E-state index contributed by atoms with van der Waals surface area (Å²) in [6.45, 7) is 6.46. The lowest BCUT2D eigenvalue weighted by Crippen LogP contribution is -1.90. The third-order valence-corrected chi connectivity index (χ3v) is 2.90. The van der Waals surface area contributed by atoms with Gasteiger partial charge >= 0.3 is 0 Å². The third kappa shape index (κ3) is 1.41. The van der Waals surface area contributed by atoms with Crippen LogP contribution in [0.5, 0.6) is 0 Å². The van der Waals surface area contributed by atoms with Gasteiger partial charge in [-0.25, -0.2) is 0 Å². The van der Waals surface area contributed by atoms with Crippen LogP contribution < -0.4 is 0 Å². The lowest BCUT2D eigenvalue weighted by Gasteiger charge is -2.05. The molecule has 0 heterocycles. The van der Waals surface area contributed by atoms with E-state index in [1.807, 2.05) is 0 Å². The number of aryl methyl sites for hydroxylation is 2. The van der Waals surface area contributed by atoms with Crippen LogP contribution >= 0.6 is 0 Å². The van der Waals surface area contributed by atoms with E-state index in [9.17, 15) is 0 Å². The molecule has 0 N–H and O–H groups in total. The standard InChI is InChI=1S/C14H16/c1-4-5-12-8-13-10(2)6-7-11(3)14(13)9-12/h4-8H,9H2,1-3H3/b5-4+. The van der Waals surface area contributed by atoms with Gasteiger partial charge in [-0.05, 0) is 55.0 Å². The average Bonchev–Trinajstić information content (AvgIpc) is 2.57. The van der Waals surface area contributed by atoms with Crippen molar-refractivity contribution in [2.24, 2.45) is 0 Å². The smallest absolute Gasteiger partial charge is 0.00170 e. The Balaban J connectivity index is 2.50. The minimum atomic E-state index is 1.10. The van der Waals surface area contributed by atoms with Crippen molar-refractivity contribution in [3.8, 4) is 0 Å². The van der Waals surface area contributed by atoms with Crippen LogP contribution in [-0.4, -0.2) is 0 Å². The highest BCUT2D eigenvalue weighted by Gasteiger charge is 2.14. The Kier molecular flexibility index (Phi) is 2.28. The fraction of sp³-hybridized carbons (Fsp3) is 0.286. The fourth-order valence-corrected chi connectivity index (χ4v) is 2.09. The zero-order valence-corrected chi connectivity index (χ0v) is 9.09. The molecule has 0 fully saturated rings. The lowest BCUT2D eigenvalue weighted by atomic mass is 9.99. The molecule has 0 unspecified atom stereocenters. The van der Waals surface area contributed by atoms with Gasteiger partial charge in [0.15, 0.2) is 0 Å². The molecular formula is C14H16. The second-order valence-corrected chi connectivity index (χ2v) is 3.99. The van der Waals surface area contributed by atoms with Gasteiger partial charge in [-0.1, -0.05) is 30.4 Å². The van der Waals surface area contributed by atoms with Crippen LogP contribution in [0.15, 0.2) is 29.9 Å². The number of benzene rings is 1. The van der Waals surface area contributed by atoms with Crippen LogP contribution in [0.2, 0.25) is 0 Å². The van der Waals surface area contributed by atoms with Crippen molar-refractivity contribution in [3.63, 3.8) is 0 Å². The van der Waals surface area contributed by atoms with Gasteiger partial charge < -0.3 is 0 Å². The zero-order chi connectivity index (χ0) is 10.1. The first-order valence-corrected chi connectivity index (χ1v) is 5.14. The van der Waals surface area contributed by atoms with E-state index in [0.717, 1.165) is 6.42 Å².